The molecule has 0 saturated carbocycles. The van der Waals surface area contributed by atoms with Crippen molar-refractivity contribution >= 4 is 65.3 Å². The van der Waals surface area contributed by atoms with Crippen molar-refractivity contribution in [2.24, 2.45) is 10.1 Å². The number of rotatable bonds is 14. The second kappa shape index (κ2) is 16.2. The summed E-state index contributed by atoms with van der Waals surface area (Å²) < 4.78 is 59.3. The number of amides is 1. The van der Waals surface area contributed by atoms with Crippen LogP contribution in [0.5, 0.6) is 11.5 Å². The van der Waals surface area contributed by atoms with Crippen LogP contribution in [0.25, 0.3) is 11.0 Å². The Balaban J connectivity index is 1.07. The highest BCUT2D eigenvalue weighted by Crippen LogP contribution is 2.30. The van der Waals surface area contributed by atoms with Gasteiger partial charge < -0.3 is 20.1 Å². The molecule has 1 atom stereocenters. The van der Waals surface area contributed by atoms with Crippen molar-refractivity contribution in [2.75, 3.05) is 36.1 Å². The lowest BCUT2D eigenvalue weighted by molar-refractivity contribution is -0.122. The first-order valence-electron chi connectivity index (χ1n) is 18.4. The van der Waals surface area contributed by atoms with Crippen LogP contribution in [-0.2, 0) is 24.7 Å². The first kappa shape index (κ1) is 39.9. The van der Waals surface area contributed by atoms with E-state index in [0.717, 1.165) is 39.8 Å². The zero-order chi connectivity index (χ0) is 41.2. The molecular formula is C42H41N7O7S2. The summed E-state index contributed by atoms with van der Waals surface area (Å²) in [6.45, 7) is 7.06. The lowest BCUT2D eigenvalue weighted by atomic mass is 10.0. The van der Waals surface area contributed by atoms with E-state index in [2.05, 4.69) is 14.9 Å². The normalized spacial score (nSPS) is 13.9. The molecule has 7 rings (SSSR count). The number of ether oxygens (including phenoxy) is 1. The number of nitrogens with one attached hydrogen (secondary N) is 2. The van der Waals surface area contributed by atoms with E-state index in [4.69, 9.17) is 19.8 Å². The fraction of sp³-hybridized carbons (Fsp3) is 0.190. The van der Waals surface area contributed by atoms with Gasteiger partial charge in [0.2, 0.25) is 19.9 Å². The third-order valence-electron chi connectivity index (χ3n) is 9.47. The van der Waals surface area contributed by atoms with Gasteiger partial charge in [-0.1, -0.05) is 24.3 Å². The number of aromatic hydroxyl groups is 1. The van der Waals surface area contributed by atoms with Crippen LogP contribution in [0, 0.1) is 6.92 Å². The number of benzene rings is 5. The first-order valence-corrected chi connectivity index (χ1v) is 21.8. The highest BCUT2D eigenvalue weighted by molar-refractivity contribution is 7.91. The number of sulfonamides is 1. The number of likely N-dealkylation sites (N-methyl/N-ethyl adjacent to an activating group) is 1. The van der Waals surface area contributed by atoms with Gasteiger partial charge in [0.05, 0.1) is 32.8 Å². The molecule has 0 spiro atoms. The Morgan fingerprint density at radius 1 is 0.914 bits per heavy atom. The smallest absolute Gasteiger partial charge is 0.265 e. The minimum atomic E-state index is -3.81. The van der Waals surface area contributed by atoms with Gasteiger partial charge in [-0.3, -0.25) is 4.79 Å². The zero-order valence-electron chi connectivity index (χ0n) is 32.1. The van der Waals surface area contributed by atoms with Crippen LogP contribution in [0.1, 0.15) is 30.8 Å². The number of phenols is 1. The summed E-state index contributed by atoms with van der Waals surface area (Å²) in [4.78, 5) is 25.3. The molecule has 0 radical (unpaired) electrons. The molecule has 1 unspecified atom stereocenters. The van der Waals surface area contributed by atoms with E-state index < -0.39 is 31.9 Å². The molecule has 0 aliphatic carbocycles. The van der Waals surface area contributed by atoms with E-state index in [1.165, 1.54) is 48.5 Å². The van der Waals surface area contributed by atoms with Gasteiger partial charge in [0.25, 0.3) is 5.91 Å². The molecule has 1 aliphatic rings. The maximum Gasteiger partial charge on any atom is 0.265 e. The van der Waals surface area contributed by atoms with Crippen molar-refractivity contribution in [3.63, 3.8) is 0 Å². The van der Waals surface area contributed by atoms with Crippen LogP contribution in [0.2, 0.25) is 0 Å². The van der Waals surface area contributed by atoms with Crippen LogP contribution < -0.4 is 19.7 Å². The van der Waals surface area contributed by atoms with Gasteiger partial charge in [0.15, 0.2) is 11.9 Å². The number of fused-ring (bicyclic) bond motifs is 3. The van der Waals surface area contributed by atoms with Gasteiger partial charge in [0, 0.05) is 36.6 Å². The SMILES string of the molecule is CCN(CCNS(C)(=O)=O)c1ccc(N=C2C(c3ccc(NC(=O)C(C)Oc4ccc(S(=O)(=O)c5ccc(O)cc5)cc4)cc3)=Nn3c2nc2ccccc23)c(C)c1. The molecule has 5 aromatic carbocycles. The molecule has 1 aliphatic heterocycles. The second-order valence-electron chi connectivity index (χ2n) is 13.7. The Kier molecular flexibility index (Phi) is 11.2. The molecule has 298 valence electrons. The molecule has 0 saturated heterocycles. The zero-order valence-corrected chi connectivity index (χ0v) is 33.8. The molecular weight excluding hydrogens is 779 g/mol. The predicted molar refractivity (Wildman–Crippen MR) is 225 cm³/mol. The van der Waals surface area contributed by atoms with Gasteiger partial charge in [-0.05, 0) is 117 Å². The number of aryl methyl sites for hydroxylation is 1. The van der Waals surface area contributed by atoms with Gasteiger partial charge in [0.1, 0.15) is 22.9 Å². The number of para-hydroxylation sites is 2. The first-order chi connectivity index (χ1) is 27.7. The van der Waals surface area contributed by atoms with Gasteiger partial charge >= 0.3 is 0 Å². The summed E-state index contributed by atoms with van der Waals surface area (Å²) in [7, 11) is -7.10. The maximum absolute atomic E-state index is 13.2. The number of aliphatic imine (C=N–C) groups is 1. The summed E-state index contributed by atoms with van der Waals surface area (Å²) in [5.41, 5.74) is 6.66. The summed E-state index contributed by atoms with van der Waals surface area (Å²) in [5, 5.41) is 17.3. The number of aromatic nitrogens is 2. The Bertz CT molecular complexity index is 2780. The monoisotopic (exact) mass is 819 g/mol. The Morgan fingerprint density at radius 2 is 1.59 bits per heavy atom. The molecule has 1 aromatic heterocycles. The Morgan fingerprint density at radius 3 is 2.24 bits per heavy atom. The standard InChI is InChI=1S/C42H41N7O7S2/c1-5-48(25-24-43-57(4,52)53)31-14-23-36(27(2)26-31)45-40-39(47-49-38-9-7-6-8-37(38)46-41(40)49)29-10-12-30(13-11-29)44-42(51)28(3)56-33-17-21-35(22-18-33)58(54,55)34-19-15-32(50)16-20-34/h6-23,26,28,43,50H,5,24-25H2,1-4H3,(H,44,51). The summed E-state index contributed by atoms with van der Waals surface area (Å²) >= 11 is 0. The van der Waals surface area contributed by atoms with E-state index in [1.807, 2.05) is 68.4 Å². The number of imidazole rings is 1. The van der Waals surface area contributed by atoms with Crippen LogP contribution in [0.15, 0.2) is 135 Å². The predicted octanol–water partition coefficient (Wildman–Crippen LogP) is 6.05. The average Bonchev–Trinajstić information content (AvgIpc) is 3.74. The minimum Gasteiger partial charge on any atom is -0.508 e. The van der Waals surface area contributed by atoms with Gasteiger partial charge in [-0.25, -0.2) is 36.2 Å². The molecule has 0 bridgehead atoms. The quantitative estimate of drug-likeness (QED) is 0.118. The van der Waals surface area contributed by atoms with Crippen molar-refractivity contribution in [2.45, 2.75) is 36.7 Å². The van der Waals surface area contributed by atoms with Crippen molar-refractivity contribution in [1.29, 1.82) is 0 Å². The number of phenolic OH excluding ortho intramolecular Hbond substituents is 1. The van der Waals surface area contributed by atoms with Crippen molar-refractivity contribution in [3.8, 4) is 11.5 Å². The number of hydrogen-bond donors (Lipinski definition) is 3. The molecule has 2 heterocycles. The third-order valence-corrected chi connectivity index (χ3v) is 12.0. The van der Waals surface area contributed by atoms with Crippen molar-refractivity contribution in [3.05, 3.63) is 132 Å². The van der Waals surface area contributed by atoms with Gasteiger partial charge in [-0.15, -0.1) is 0 Å². The Hall–Kier alpha value is -6.36. The highest BCUT2D eigenvalue weighted by atomic mass is 32.2. The van der Waals surface area contributed by atoms with Crippen LogP contribution in [-0.4, -0.2) is 80.9 Å². The molecule has 16 heteroatoms. The number of nitrogens with zero attached hydrogens (tertiary/aromatic N) is 5. The van der Waals surface area contributed by atoms with E-state index in [9.17, 15) is 26.7 Å². The fourth-order valence-corrected chi connectivity index (χ4v) is 8.13. The highest BCUT2D eigenvalue weighted by Gasteiger charge is 2.29. The van der Waals surface area contributed by atoms with Gasteiger partial charge in [-0.2, -0.15) is 5.10 Å². The number of hydrogen-bond acceptors (Lipinski definition) is 11. The number of carbonyl (C=O) groups excluding carboxylic acids is 1. The molecule has 14 nitrogen and oxygen atoms in total. The number of sulfone groups is 1. The topological polar surface area (TPSA) is 185 Å². The molecule has 3 N–H and O–H groups in total. The number of carbonyl (C=O) groups is 1. The fourth-order valence-electron chi connectivity index (χ4n) is 6.41. The van der Waals surface area contributed by atoms with Crippen molar-refractivity contribution in [1.82, 2.24) is 14.4 Å². The summed E-state index contributed by atoms with van der Waals surface area (Å²) in [6, 6.07) is 31.9. The van der Waals surface area contributed by atoms with E-state index >= 15 is 0 Å². The largest absolute Gasteiger partial charge is 0.508 e. The lowest BCUT2D eigenvalue weighted by Gasteiger charge is -2.24. The van der Waals surface area contributed by atoms with Crippen LogP contribution >= 0.6 is 0 Å². The molecule has 6 aromatic rings. The second-order valence-corrected chi connectivity index (χ2v) is 17.4. The van der Waals surface area contributed by atoms with Crippen molar-refractivity contribution < 1.29 is 31.5 Å². The van der Waals surface area contributed by atoms with Crippen LogP contribution in [0.4, 0.5) is 17.1 Å². The van der Waals surface area contributed by atoms with E-state index in [1.54, 1.807) is 23.7 Å². The third kappa shape index (κ3) is 8.63. The summed E-state index contributed by atoms with van der Waals surface area (Å²) in [6.07, 6.45) is 0.233. The minimum absolute atomic E-state index is 0.0363. The molecule has 0 fully saturated rings. The maximum atomic E-state index is 13.2. The van der Waals surface area contributed by atoms with E-state index in [0.29, 0.717) is 41.8 Å². The van der Waals surface area contributed by atoms with E-state index in [-0.39, 0.29) is 22.1 Å². The summed E-state index contributed by atoms with van der Waals surface area (Å²) in [5.74, 6) is 0.461. The number of anilines is 2. The molecule has 1 amide bonds. The molecule has 58 heavy (non-hydrogen) atoms. The van der Waals surface area contributed by atoms with Crippen LogP contribution in [0.3, 0.4) is 0 Å². The average molecular weight is 820 g/mol. The Labute approximate surface area is 336 Å². The lowest BCUT2D eigenvalue weighted by Crippen LogP contribution is -2.34.